The Balaban J connectivity index is 0.803. The summed E-state index contributed by atoms with van der Waals surface area (Å²) in [5.74, 6) is -2.38. The average Bonchev–Trinajstić information content (AvgIpc) is 3.82. The minimum Gasteiger partial charge on any atom is -0.494 e. The molecule has 1 saturated carbocycles. The van der Waals surface area contributed by atoms with Crippen molar-refractivity contribution in [1.82, 2.24) is 30.2 Å². The lowest BCUT2D eigenvalue weighted by Gasteiger charge is -2.37. The fourth-order valence-corrected chi connectivity index (χ4v) is 11.1. The molecule has 2 saturated heterocycles. The van der Waals surface area contributed by atoms with Gasteiger partial charge in [-0.25, -0.2) is 13.6 Å². The second-order valence-corrected chi connectivity index (χ2v) is 19.1. The number of fused-ring (bicyclic) bond motifs is 2. The number of likely N-dealkylation sites (N-methyl/N-ethyl adjacent to an activating group) is 1. The van der Waals surface area contributed by atoms with Crippen molar-refractivity contribution in [3.63, 3.8) is 0 Å². The molecule has 0 spiro atoms. The first-order valence-electron chi connectivity index (χ1n) is 23.4. The van der Waals surface area contributed by atoms with E-state index in [-0.39, 0.29) is 63.4 Å². The Labute approximate surface area is 399 Å². The summed E-state index contributed by atoms with van der Waals surface area (Å²) in [6, 6.07) is 19.4. The van der Waals surface area contributed by atoms with E-state index in [1.165, 1.54) is 35.8 Å². The molecule has 4 heterocycles. The predicted molar refractivity (Wildman–Crippen MR) is 255 cm³/mol. The summed E-state index contributed by atoms with van der Waals surface area (Å²) < 4.78 is 45.8. The normalized spacial score (nSPS) is 22.2. The van der Waals surface area contributed by atoms with Gasteiger partial charge in [-0.2, -0.15) is 5.10 Å². The van der Waals surface area contributed by atoms with Crippen LogP contribution in [0.4, 0.5) is 19.4 Å². The molecule has 9 rings (SSSR count). The van der Waals surface area contributed by atoms with Gasteiger partial charge in [-0.15, -0.1) is 0 Å². The van der Waals surface area contributed by atoms with Crippen LogP contribution in [0.2, 0.25) is 5.02 Å². The molecule has 2 atom stereocenters. The zero-order valence-corrected chi connectivity index (χ0v) is 39.5. The molecule has 3 aliphatic heterocycles. The average molecular weight is 952 g/mol. The van der Waals surface area contributed by atoms with Crippen LogP contribution in [-0.4, -0.2) is 103 Å². The van der Waals surface area contributed by atoms with Gasteiger partial charge < -0.3 is 30.3 Å². The first-order valence-corrected chi connectivity index (χ1v) is 23.8. The quantitative estimate of drug-likeness (QED) is 0.108. The topological polar surface area (TPSA) is 164 Å². The Morgan fingerprint density at radius 2 is 1.74 bits per heavy atom. The molecule has 3 fully saturated rings. The third-order valence-corrected chi connectivity index (χ3v) is 15.2. The van der Waals surface area contributed by atoms with Crippen LogP contribution in [-0.2, 0) is 22.2 Å². The van der Waals surface area contributed by atoms with Crippen molar-refractivity contribution >= 4 is 52.1 Å². The number of amides is 5. The number of ether oxygens (including phenoxy) is 2. The van der Waals surface area contributed by atoms with Crippen molar-refractivity contribution in [2.75, 3.05) is 58.3 Å². The second kappa shape index (κ2) is 19.1. The standard InChI is InChI=1S/C51H57ClF2N8O6/c1-29-42-40(27-37(53)45(52)44(42)43-36(47(55)64)16-17-39(67-4)46(43)54)68-51(29,33-8-6-5-7-9-33)28-56-34-13-10-31(11-14-34)49(65)59(2)24-25-61-21-18-30(19-22-61)32-12-15-35-38(26-32)60(3)58-48(35)62-23-20-41(63)57-50(62)66/h5-9,12,15-17,26-27,29-31,34,56H,10-11,13-14,18-25,28H2,1-4H3,(H2,55,64)(H,57,63,66)/t29-,31?,34?,51-/m0/s1. The number of methoxy groups -OCH3 is 1. The highest BCUT2D eigenvalue weighted by atomic mass is 35.5. The Bertz CT molecular complexity index is 2770. The summed E-state index contributed by atoms with van der Waals surface area (Å²) in [4.78, 5) is 56.6. The minimum absolute atomic E-state index is 0.00729. The molecule has 0 bridgehead atoms. The first-order chi connectivity index (χ1) is 32.7. The van der Waals surface area contributed by atoms with Crippen molar-refractivity contribution < 1.29 is 37.4 Å². The van der Waals surface area contributed by atoms with Gasteiger partial charge in [0.1, 0.15) is 11.6 Å². The number of anilines is 1. The number of primary amides is 1. The van der Waals surface area contributed by atoms with Gasteiger partial charge in [0.2, 0.25) is 17.7 Å². The molecule has 4 aromatic carbocycles. The van der Waals surface area contributed by atoms with Gasteiger partial charge in [0.05, 0.1) is 23.2 Å². The molecule has 1 aromatic heterocycles. The number of halogens is 3. The van der Waals surface area contributed by atoms with Crippen LogP contribution >= 0.6 is 11.6 Å². The molecule has 17 heteroatoms. The molecular formula is C51H57ClF2N8O6. The van der Waals surface area contributed by atoms with Crippen LogP contribution in [0.15, 0.2) is 66.7 Å². The van der Waals surface area contributed by atoms with Crippen LogP contribution in [0.3, 0.4) is 0 Å². The highest BCUT2D eigenvalue weighted by Crippen LogP contribution is 2.56. The smallest absolute Gasteiger partial charge is 0.329 e. The number of imide groups is 1. The van der Waals surface area contributed by atoms with E-state index in [4.69, 9.17) is 26.8 Å². The van der Waals surface area contributed by atoms with Gasteiger partial charge in [-0.3, -0.25) is 29.3 Å². The lowest BCUT2D eigenvalue weighted by molar-refractivity contribution is -0.135. The number of piperidine rings is 1. The molecule has 4 N–H and O–H groups in total. The second-order valence-electron chi connectivity index (χ2n) is 18.7. The molecule has 1 aliphatic carbocycles. The maximum Gasteiger partial charge on any atom is 0.329 e. The van der Waals surface area contributed by atoms with Gasteiger partial charge in [-0.05, 0) is 92.9 Å². The molecule has 4 aliphatic rings. The number of benzene rings is 4. The predicted octanol–water partition coefficient (Wildman–Crippen LogP) is 7.60. The number of hydrogen-bond acceptors (Lipinski definition) is 9. The summed E-state index contributed by atoms with van der Waals surface area (Å²) in [5, 5.41) is 11.3. The van der Waals surface area contributed by atoms with Crippen LogP contribution in [0.5, 0.6) is 11.5 Å². The number of aryl methyl sites for hydroxylation is 1. The number of nitrogens with one attached hydrogen (secondary N) is 2. The Morgan fingerprint density at radius 1 is 1.00 bits per heavy atom. The number of hydrogen-bond donors (Lipinski definition) is 3. The van der Waals surface area contributed by atoms with E-state index in [1.807, 2.05) is 62.3 Å². The van der Waals surface area contributed by atoms with E-state index >= 15 is 8.78 Å². The van der Waals surface area contributed by atoms with E-state index in [9.17, 15) is 19.2 Å². The highest BCUT2D eigenvalue weighted by Gasteiger charge is 2.50. The minimum atomic E-state index is -1.08. The van der Waals surface area contributed by atoms with E-state index in [1.54, 1.807) is 4.68 Å². The Hall–Kier alpha value is -6.10. The van der Waals surface area contributed by atoms with Gasteiger partial charge in [0.25, 0.3) is 0 Å². The van der Waals surface area contributed by atoms with E-state index in [0.717, 1.165) is 74.6 Å². The number of urea groups is 1. The fourth-order valence-electron chi connectivity index (χ4n) is 10.9. The highest BCUT2D eigenvalue weighted by molar-refractivity contribution is 6.34. The van der Waals surface area contributed by atoms with Gasteiger partial charge >= 0.3 is 6.03 Å². The zero-order valence-electron chi connectivity index (χ0n) is 38.7. The van der Waals surface area contributed by atoms with E-state index in [2.05, 4.69) is 32.8 Å². The molecule has 0 unspecified atom stereocenters. The maximum atomic E-state index is 16.2. The Kier molecular flexibility index (Phi) is 13.2. The van der Waals surface area contributed by atoms with Crippen LogP contribution < -0.4 is 30.7 Å². The number of aromatic nitrogens is 2. The fraction of sp³-hybridized carbons (Fsp3) is 0.431. The number of rotatable bonds is 13. The largest absolute Gasteiger partial charge is 0.494 e. The van der Waals surface area contributed by atoms with Crippen LogP contribution in [0.1, 0.15) is 90.8 Å². The molecule has 358 valence electrons. The lowest BCUT2D eigenvalue weighted by Crippen LogP contribution is -2.49. The number of likely N-dealkylation sites (tertiary alicyclic amines) is 1. The first kappa shape index (κ1) is 47.0. The molecule has 68 heavy (non-hydrogen) atoms. The molecule has 0 radical (unpaired) electrons. The maximum absolute atomic E-state index is 16.2. The van der Waals surface area contributed by atoms with Crippen molar-refractivity contribution in [2.45, 2.75) is 75.3 Å². The number of carbonyl (C=O) groups excluding carboxylic acids is 4. The van der Waals surface area contributed by atoms with Crippen LogP contribution in [0, 0.1) is 17.6 Å². The lowest BCUT2D eigenvalue weighted by atomic mass is 9.77. The monoisotopic (exact) mass is 950 g/mol. The summed E-state index contributed by atoms with van der Waals surface area (Å²) in [6.07, 6.45) is 5.22. The van der Waals surface area contributed by atoms with Gasteiger partial charge in [0, 0.05) is 92.7 Å². The third-order valence-electron chi connectivity index (χ3n) is 14.8. The third kappa shape index (κ3) is 8.66. The molecule has 5 aromatic rings. The van der Waals surface area contributed by atoms with E-state index < -0.39 is 35.1 Å². The number of carbonyl (C=O) groups is 4. The summed E-state index contributed by atoms with van der Waals surface area (Å²) in [7, 11) is 5.07. The number of nitrogens with two attached hydrogens (primary N) is 1. The zero-order chi connectivity index (χ0) is 48.0. The molecule has 14 nitrogen and oxygen atoms in total. The van der Waals surface area contributed by atoms with Crippen molar-refractivity contribution in [3.05, 3.63) is 106 Å². The van der Waals surface area contributed by atoms with Crippen molar-refractivity contribution in [2.24, 2.45) is 18.7 Å². The summed E-state index contributed by atoms with van der Waals surface area (Å²) >= 11 is 6.69. The molecule has 5 amide bonds. The summed E-state index contributed by atoms with van der Waals surface area (Å²) in [5.41, 5.74) is 7.69. The Morgan fingerprint density at radius 3 is 2.43 bits per heavy atom. The number of nitrogens with zero attached hydrogens (tertiary/aromatic N) is 5. The van der Waals surface area contributed by atoms with Gasteiger partial charge in [-0.1, -0.05) is 54.9 Å². The van der Waals surface area contributed by atoms with Gasteiger partial charge in [0.15, 0.2) is 23.0 Å². The van der Waals surface area contributed by atoms with Crippen molar-refractivity contribution in [1.29, 1.82) is 0 Å². The summed E-state index contributed by atoms with van der Waals surface area (Å²) in [6.45, 7) is 5.83. The van der Waals surface area contributed by atoms with Crippen molar-refractivity contribution in [3.8, 4) is 22.6 Å². The van der Waals surface area contributed by atoms with Crippen LogP contribution in [0.25, 0.3) is 22.0 Å². The SMILES string of the molecule is COc1ccc(C(N)=O)c(-c2c(Cl)c(F)cc3c2[C@H](C)[C@@](CNC2CCC(C(=O)N(C)CCN4CCC(c5ccc6c(N7CCC(=O)NC7=O)nn(C)c6c5)CC4)CC2)(c2ccccc2)O3)c1F. The van der Waals surface area contributed by atoms with E-state index in [0.29, 0.717) is 36.9 Å². The molecular weight excluding hydrogens is 894 g/mol.